The Hall–Kier alpha value is -3.40. The number of nitrogens with one attached hydrogen (secondary N) is 1. The van der Waals surface area contributed by atoms with Crippen LogP contribution in [0.1, 0.15) is 25.2 Å². The number of aromatic nitrogens is 6. The molecule has 0 unspecified atom stereocenters. The molecule has 0 spiro atoms. The van der Waals surface area contributed by atoms with Crippen molar-refractivity contribution in [2.24, 2.45) is 5.92 Å². The molecule has 0 atom stereocenters. The lowest BCUT2D eigenvalue weighted by Gasteiger charge is -2.40. The van der Waals surface area contributed by atoms with Gasteiger partial charge in [-0.2, -0.15) is 0 Å². The fourth-order valence-corrected chi connectivity index (χ4v) is 3.85. The Bertz CT molecular complexity index is 1320. The van der Waals surface area contributed by atoms with Gasteiger partial charge >= 0.3 is 0 Å². The number of aryl methyl sites for hydroxylation is 2. The second kappa shape index (κ2) is 7.09. The van der Waals surface area contributed by atoms with E-state index in [1.165, 1.54) is 10.7 Å². The fraction of sp³-hybridized carbons (Fsp3) is 0.381. The molecular weight excluding hydrogens is 399 g/mol. The van der Waals surface area contributed by atoms with E-state index in [2.05, 4.69) is 44.2 Å². The lowest BCUT2D eigenvalue weighted by Crippen LogP contribution is -2.54. The van der Waals surface area contributed by atoms with E-state index in [1.807, 2.05) is 13.0 Å². The molecule has 1 aliphatic heterocycles. The molecule has 4 aromatic heterocycles. The predicted octanol–water partition coefficient (Wildman–Crippen LogP) is 2.47. The Labute approximate surface area is 177 Å². The van der Waals surface area contributed by atoms with Crippen LogP contribution in [0.15, 0.2) is 24.5 Å². The first kappa shape index (κ1) is 19.6. The maximum Gasteiger partial charge on any atom is 0.231 e. The highest BCUT2D eigenvalue weighted by Gasteiger charge is 2.34. The summed E-state index contributed by atoms with van der Waals surface area (Å²) >= 11 is 0. The maximum absolute atomic E-state index is 14.8. The Kier molecular flexibility index (Phi) is 4.47. The third kappa shape index (κ3) is 3.42. The van der Waals surface area contributed by atoms with Crippen molar-refractivity contribution < 1.29 is 9.18 Å². The van der Waals surface area contributed by atoms with Gasteiger partial charge in [-0.25, -0.2) is 14.4 Å². The number of amides is 1. The van der Waals surface area contributed by atoms with Gasteiger partial charge in [0.2, 0.25) is 5.91 Å². The van der Waals surface area contributed by atoms with Gasteiger partial charge in [-0.15, -0.1) is 14.8 Å². The van der Waals surface area contributed by atoms with Crippen LogP contribution >= 0.6 is 0 Å². The van der Waals surface area contributed by atoms with Crippen LogP contribution in [0.2, 0.25) is 0 Å². The first-order valence-corrected chi connectivity index (χ1v) is 10.2. The number of hydrogen-bond donors (Lipinski definition) is 1. The number of pyridine rings is 1. The van der Waals surface area contributed by atoms with Crippen LogP contribution in [0.3, 0.4) is 0 Å². The highest BCUT2D eigenvalue weighted by Crippen LogP contribution is 2.25. The second-order valence-electron chi connectivity index (χ2n) is 8.35. The van der Waals surface area contributed by atoms with Crippen molar-refractivity contribution in [3.8, 4) is 11.3 Å². The Balaban J connectivity index is 1.43. The Morgan fingerprint density at radius 3 is 2.65 bits per heavy atom. The summed E-state index contributed by atoms with van der Waals surface area (Å²) in [7, 11) is 0. The Morgan fingerprint density at radius 1 is 1.13 bits per heavy atom. The highest BCUT2D eigenvalue weighted by molar-refractivity contribution is 5.92. The van der Waals surface area contributed by atoms with E-state index < -0.39 is 5.82 Å². The third-order valence-corrected chi connectivity index (χ3v) is 5.67. The molecule has 9 nitrogen and oxygen atoms in total. The number of carbonyl (C=O) groups is 1. The molecule has 1 N–H and O–H groups in total. The molecule has 0 radical (unpaired) electrons. The van der Waals surface area contributed by atoms with Crippen LogP contribution in [0, 0.1) is 25.6 Å². The summed E-state index contributed by atoms with van der Waals surface area (Å²) < 4.78 is 17.8. The van der Waals surface area contributed by atoms with Gasteiger partial charge in [0, 0.05) is 30.9 Å². The maximum atomic E-state index is 14.8. The summed E-state index contributed by atoms with van der Waals surface area (Å²) in [6.07, 6.45) is 3.35. The van der Waals surface area contributed by atoms with Crippen molar-refractivity contribution >= 4 is 23.0 Å². The van der Waals surface area contributed by atoms with Gasteiger partial charge in [0.05, 0.1) is 17.8 Å². The van der Waals surface area contributed by atoms with Crippen molar-refractivity contribution in [2.45, 2.75) is 33.7 Å². The van der Waals surface area contributed by atoms with Gasteiger partial charge in [0.1, 0.15) is 5.82 Å². The number of imidazole rings is 1. The van der Waals surface area contributed by atoms with Crippen molar-refractivity contribution in [3.05, 3.63) is 41.7 Å². The normalized spacial score (nSPS) is 15.2. The van der Waals surface area contributed by atoms with Crippen LogP contribution in [0.5, 0.6) is 0 Å². The van der Waals surface area contributed by atoms with Crippen LogP contribution in [-0.2, 0) is 4.79 Å². The number of carbonyl (C=O) groups excluding carboxylic acids is 1. The molecular formula is C21H23FN8O. The molecule has 1 fully saturated rings. The van der Waals surface area contributed by atoms with Gasteiger partial charge < -0.3 is 9.72 Å². The van der Waals surface area contributed by atoms with Gasteiger partial charge in [-0.1, -0.05) is 0 Å². The summed E-state index contributed by atoms with van der Waals surface area (Å²) in [4.78, 5) is 23.3. The van der Waals surface area contributed by atoms with Gasteiger partial charge in [0.15, 0.2) is 22.9 Å². The minimum absolute atomic E-state index is 0.0716. The van der Waals surface area contributed by atoms with Gasteiger partial charge in [0.25, 0.3) is 0 Å². The summed E-state index contributed by atoms with van der Waals surface area (Å²) in [5.74, 6) is 0.285. The van der Waals surface area contributed by atoms with E-state index in [4.69, 9.17) is 0 Å². The van der Waals surface area contributed by atoms with E-state index in [0.717, 1.165) is 18.7 Å². The van der Waals surface area contributed by atoms with Crippen LogP contribution in [0.4, 0.5) is 10.2 Å². The molecule has 4 aromatic rings. The number of hydrogen-bond acceptors (Lipinski definition) is 6. The second-order valence-corrected chi connectivity index (χ2v) is 8.35. The van der Waals surface area contributed by atoms with E-state index in [9.17, 15) is 9.18 Å². The van der Waals surface area contributed by atoms with Crippen molar-refractivity contribution in [3.63, 3.8) is 0 Å². The fourth-order valence-electron chi connectivity index (χ4n) is 3.85. The monoisotopic (exact) mass is 422 g/mol. The topological polar surface area (TPSA) is 92.7 Å². The van der Waals surface area contributed by atoms with Crippen LogP contribution < -0.4 is 5.32 Å². The quantitative estimate of drug-likeness (QED) is 0.543. The SMILES string of the molecule is Cc1nc2c(C)cc(-c3cc(F)c4nc(NC(=O)C5CN(C(C)C)C5)cn4c3)nn2n1. The van der Waals surface area contributed by atoms with Gasteiger partial charge in [-0.3, -0.25) is 9.69 Å². The molecule has 5 rings (SSSR count). The van der Waals surface area contributed by atoms with E-state index >= 15 is 0 Å². The molecule has 31 heavy (non-hydrogen) atoms. The number of rotatable bonds is 4. The third-order valence-electron chi connectivity index (χ3n) is 5.67. The molecule has 10 heteroatoms. The largest absolute Gasteiger partial charge is 0.309 e. The van der Waals surface area contributed by atoms with Gasteiger partial charge in [-0.05, 0) is 45.4 Å². The summed E-state index contributed by atoms with van der Waals surface area (Å²) in [6, 6.07) is 3.66. The van der Waals surface area contributed by atoms with Crippen molar-refractivity contribution in [2.75, 3.05) is 18.4 Å². The Morgan fingerprint density at radius 2 is 1.90 bits per heavy atom. The molecule has 1 saturated heterocycles. The lowest BCUT2D eigenvalue weighted by molar-refractivity contribution is -0.125. The molecule has 160 valence electrons. The number of fused-ring (bicyclic) bond motifs is 2. The lowest BCUT2D eigenvalue weighted by atomic mass is 9.97. The average molecular weight is 422 g/mol. The predicted molar refractivity (Wildman–Crippen MR) is 113 cm³/mol. The van der Waals surface area contributed by atoms with Crippen molar-refractivity contribution in [1.82, 2.24) is 34.1 Å². The summed E-state index contributed by atoms with van der Waals surface area (Å²) in [5, 5.41) is 11.5. The molecule has 5 heterocycles. The average Bonchev–Trinajstić information content (AvgIpc) is 3.22. The van der Waals surface area contributed by atoms with E-state index in [0.29, 0.717) is 34.6 Å². The minimum Gasteiger partial charge on any atom is -0.309 e. The van der Waals surface area contributed by atoms with Crippen LogP contribution in [-0.4, -0.2) is 59.1 Å². The molecule has 0 bridgehead atoms. The van der Waals surface area contributed by atoms with Crippen LogP contribution in [0.25, 0.3) is 22.6 Å². The molecule has 1 aliphatic rings. The number of likely N-dealkylation sites (tertiary alicyclic amines) is 1. The van der Waals surface area contributed by atoms with Crippen molar-refractivity contribution in [1.29, 1.82) is 0 Å². The zero-order valence-electron chi connectivity index (χ0n) is 17.8. The highest BCUT2D eigenvalue weighted by atomic mass is 19.1. The number of nitrogens with zero attached hydrogens (tertiary/aromatic N) is 7. The number of anilines is 1. The molecule has 0 aliphatic carbocycles. The smallest absolute Gasteiger partial charge is 0.231 e. The first-order valence-electron chi connectivity index (χ1n) is 10.2. The number of halogens is 1. The zero-order valence-corrected chi connectivity index (χ0v) is 17.8. The van der Waals surface area contributed by atoms with E-state index in [-0.39, 0.29) is 17.5 Å². The summed E-state index contributed by atoms with van der Waals surface area (Å²) in [6.45, 7) is 9.37. The minimum atomic E-state index is -0.498. The summed E-state index contributed by atoms with van der Waals surface area (Å²) in [5.41, 5.74) is 2.84. The van der Waals surface area contributed by atoms with E-state index in [1.54, 1.807) is 23.7 Å². The molecule has 1 amide bonds. The molecule has 0 saturated carbocycles. The molecule has 0 aromatic carbocycles. The standard InChI is InChI=1S/C21H23FN8O/c1-11(2)28-8-15(9-28)21(31)25-18-10-29-7-14(6-16(22)20(29)24-18)17-5-12(3)19-23-13(4)26-30(19)27-17/h5-7,10-11,15H,8-9H2,1-4H3,(H,25,31). The zero-order chi connectivity index (χ0) is 21.9. The first-order chi connectivity index (χ1) is 14.8.